The zero-order valence-electron chi connectivity index (χ0n) is 9.69. The maximum atomic E-state index is 6.32. The van der Waals surface area contributed by atoms with Crippen LogP contribution in [0.25, 0.3) is 0 Å². The zero-order valence-corrected chi connectivity index (χ0v) is 11.2. The molecule has 0 aliphatic heterocycles. The lowest BCUT2D eigenvalue weighted by atomic mass is 9.57. The molecule has 16 heavy (non-hydrogen) atoms. The minimum Gasteiger partial charge on any atom is -0.319 e. The summed E-state index contributed by atoms with van der Waals surface area (Å²) in [5.41, 5.74) is 1.45. The summed E-state index contributed by atoms with van der Waals surface area (Å²) < 4.78 is 0. The van der Waals surface area contributed by atoms with Gasteiger partial charge in [-0.25, -0.2) is 0 Å². The maximum Gasteiger partial charge on any atom is 0.0459 e. The van der Waals surface area contributed by atoms with E-state index in [1.54, 1.807) is 0 Å². The Balaban J connectivity index is 2.40. The highest BCUT2D eigenvalue weighted by atomic mass is 35.5. The summed E-state index contributed by atoms with van der Waals surface area (Å²) in [6.07, 6.45) is 2.48. The van der Waals surface area contributed by atoms with E-state index in [0.29, 0.717) is 10.9 Å². The fourth-order valence-corrected chi connectivity index (χ4v) is 3.34. The molecule has 1 aliphatic rings. The van der Waals surface area contributed by atoms with Crippen LogP contribution in [0.1, 0.15) is 25.3 Å². The van der Waals surface area contributed by atoms with Crippen LogP contribution >= 0.6 is 23.2 Å². The zero-order chi connectivity index (χ0) is 11.8. The number of rotatable bonds is 3. The van der Waals surface area contributed by atoms with Crippen LogP contribution in [0.3, 0.4) is 0 Å². The largest absolute Gasteiger partial charge is 0.319 e. The Hall–Kier alpha value is -0.240. The first-order valence-corrected chi connectivity index (χ1v) is 6.46. The topological polar surface area (TPSA) is 12.0 Å². The van der Waals surface area contributed by atoms with E-state index in [0.717, 1.165) is 11.6 Å². The van der Waals surface area contributed by atoms with Gasteiger partial charge in [0, 0.05) is 22.0 Å². The predicted octanol–water partition coefficient (Wildman–Crippen LogP) is 3.88. The molecule has 1 aromatic carbocycles. The highest BCUT2D eigenvalue weighted by Crippen LogP contribution is 2.50. The lowest BCUT2D eigenvalue weighted by Gasteiger charge is -2.49. The molecule has 3 heteroatoms. The molecule has 0 radical (unpaired) electrons. The molecule has 2 rings (SSSR count). The first-order valence-electron chi connectivity index (χ1n) is 5.70. The van der Waals surface area contributed by atoms with Gasteiger partial charge < -0.3 is 5.32 Å². The van der Waals surface area contributed by atoms with Gasteiger partial charge in [0.25, 0.3) is 0 Å². The lowest BCUT2D eigenvalue weighted by Crippen LogP contribution is -2.49. The molecule has 88 valence electrons. The summed E-state index contributed by atoms with van der Waals surface area (Å²) >= 11 is 12.3. The van der Waals surface area contributed by atoms with E-state index in [-0.39, 0.29) is 5.41 Å². The van der Waals surface area contributed by atoms with E-state index >= 15 is 0 Å². The molecule has 0 aromatic heterocycles. The van der Waals surface area contributed by atoms with Crippen LogP contribution in [0, 0.1) is 5.92 Å². The van der Waals surface area contributed by atoms with Gasteiger partial charge in [-0.05, 0) is 43.5 Å². The smallest absolute Gasteiger partial charge is 0.0459 e. The number of hydrogen-bond donors (Lipinski definition) is 1. The molecule has 0 heterocycles. The Morgan fingerprint density at radius 1 is 1.44 bits per heavy atom. The van der Waals surface area contributed by atoms with Gasteiger partial charge in [-0.2, -0.15) is 0 Å². The van der Waals surface area contributed by atoms with Crippen molar-refractivity contribution < 1.29 is 0 Å². The molecular formula is C13H17Cl2N. The minimum atomic E-state index is 0.205. The summed E-state index contributed by atoms with van der Waals surface area (Å²) in [6, 6.07) is 5.86. The maximum absolute atomic E-state index is 6.32. The molecule has 2 atom stereocenters. The first kappa shape index (κ1) is 12.2. The molecule has 0 spiro atoms. The lowest BCUT2D eigenvalue weighted by molar-refractivity contribution is 0.137. The summed E-state index contributed by atoms with van der Waals surface area (Å²) in [4.78, 5) is 0. The van der Waals surface area contributed by atoms with Crippen LogP contribution < -0.4 is 5.32 Å². The van der Waals surface area contributed by atoms with Crippen molar-refractivity contribution in [1.29, 1.82) is 0 Å². The average molecular weight is 258 g/mol. The van der Waals surface area contributed by atoms with Crippen molar-refractivity contribution in [2.24, 2.45) is 5.92 Å². The van der Waals surface area contributed by atoms with Crippen LogP contribution in [0.5, 0.6) is 0 Å². The second kappa shape index (κ2) is 4.56. The van der Waals surface area contributed by atoms with Crippen molar-refractivity contribution in [3.63, 3.8) is 0 Å². The van der Waals surface area contributed by atoms with Crippen LogP contribution in [-0.4, -0.2) is 13.6 Å². The Labute approximate surface area is 107 Å². The Morgan fingerprint density at radius 3 is 2.62 bits per heavy atom. The summed E-state index contributed by atoms with van der Waals surface area (Å²) in [6.45, 7) is 3.28. The third-order valence-corrected chi connectivity index (χ3v) is 4.47. The van der Waals surface area contributed by atoms with Gasteiger partial charge in [-0.15, -0.1) is 0 Å². The highest BCUT2D eigenvalue weighted by Gasteiger charge is 2.45. The normalized spacial score (nSPS) is 28.9. The highest BCUT2D eigenvalue weighted by molar-refractivity contribution is 6.35. The number of hydrogen-bond acceptors (Lipinski definition) is 1. The SMILES string of the molecule is CNCC1(c2ccc(Cl)cc2Cl)CCC1C. The van der Waals surface area contributed by atoms with Crippen molar-refractivity contribution in [3.05, 3.63) is 33.8 Å². The second-order valence-corrected chi connectivity index (χ2v) is 5.59. The van der Waals surface area contributed by atoms with Crippen LogP contribution in [-0.2, 0) is 5.41 Å². The molecule has 2 unspecified atom stereocenters. The molecule has 1 N–H and O–H groups in total. The van der Waals surface area contributed by atoms with Gasteiger partial charge in [-0.1, -0.05) is 36.2 Å². The number of likely N-dealkylation sites (N-methyl/N-ethyl adjacent to an activating group) is 1. The fourth-order valence-electron chi connectivity index (χ4n) is 2.75. The number of benzene rings is 1. The van der Waals surface area contributed by atoms with Crippen LogP contribution in [0.2, 0.25) is 10.0 Å². The molecule has 0 bridgehead atoms. The Bertz CT molecular complexity index is 392. The predicted molar refractivity (Wildman–Crippen MR) is 70.5 cm³/mol. The van der Waals surface area contributed by atoms with Crippen molar-refractivity contribution in [2.45, 2.75) is 25.2 Å². The average Bonchev–Trinajstić information content (AvgIpc) is 2.24. The van der Waals surface area contributed by atoms with E-state index in [4.69, 9.17) is 23.2 Å². The van der Waals surface area contributed by atoms with E-state index in [9.17, 15) is 0 Å². The first-order chi connectivity index (χ1) is 7.60. The molecule has 0 saturated heterocycles. The van der Waals surface area contributed by atoms with Crippen molar-refractivity contribution >= 4 is 23.2 Å². The van der Waals surface area contributed by atoms with Crippen LogP contribution in [0.15, 0.2) is 18.2 Å². The minimum absolute atomic E-state index is 0.205. The van der Waals surface area contributed by atoms with Gasteiger partial charge in [0.2, 0.25) is 0 Å². The standard InChI is InChI=1S/C13H17Cl2N/c1-9-5-6-13(9,8-16-2)11-4-3-10(14)7-12(11)15/h3-4,7,9,16H,5-6,8H2,1-2H3. The molecule has 1 fully saturated rings. The summed E-state index contributed by atoms with van der Waals surface area (Å²) in [5.74, 6) is 0.679. The monoisotopic (exact) mass is 257 g/mol. The number of nitrogens with one attached hydrogen (secondary N) is 1. The Morgan fingerprint density at radius 2 is 2.19 bits per heavy atom. The van der Waals surface area contributed by atoms with Crippen molar-refractivity contribution in [1.82, 2.24) is 5.32 Å². The third-order valence-electron chi connectivity index (χ3n) is 3.93. The van der Waals surface area contributed by atoms with Gasteiger partial charge in [0.05, 0.1) is 0 Å². The van der Waals surface area contributed by atoms with Gasteiger partial charge in [0.15, 0.2) is 0 Å². The van der Waals surface area contributed by atoms with E-state index in [2.05, 4.69) is 18.3 Å². The van der Waals surface area contributed by atoms with Gasteiger partial charge in [-0.3, -0.25) is 0 Å². The summed E-state index contributed by atoms with van der Waals surface area (Å²) in [7, 11) is 2.00. The molecule has 0 amide bonds. The van der Waals surface area contributed by atoms with E-state index in [1.165, 1.54) is 18.4 Å². The molecule has 1 aliphatic carbocycles. The van der Waals surface area contributed by atoms with Gasteiger partial charge >= 0.3 is 0 Å². The third kappa shape index (κ3) is 1.85. The van der Waals surface area contributed by atoms with Crippen LogP contribution in [0.4, 0.5) is 0 Å². The van der Waals surface area contributed by atoms with Gasteiger partial charge in [0.1, 0.15) is 0 Å². The van der Waals surface area contributed by atoms with Crippen molar-refractivity contribution in [2.75, 3.05) is 13.6 Å². The quantitative estimate of drug-likeness (QED) is 0.867. The summed E-state index contributed by atoms with van der Waals surface area (Å²) in [5, 5.41) is 4.80. The Kier molecular flexibility index (Phi) is 3.48. The second-order valence-electron chi connectivity index (χ2n) is 4.75. The van der Waals surface area contributed by atoms with E-state index in [1.807, 2.05) is 19.2 Å². The molecular weight excluding hydrogens is 241 g/mol. The fraction of sp³-hybridized carbons (Fsp3) is 0.538. The molecule has 1 nitrogen and oxygen atoms in total. The van der Waals surface area contributed by atoms with Crippen molar-refractivity contribution in [3.8, 4) is 0 Å². The molecule has 1 aromatic rings. The number of halogens is 2. The van der Waals surface area contributed by atoms with E-state index < -0.39 is 0 Å². The molecule has 1 saturated carbocycles.